The van der Waals surface area contributed by atoms with Crippen LogP contribution in [0, 0.1) is 0 Å². The molecule has 0 amide bonds. The van der Waals surface area contributed by atoms with E-state index in [0.717, 1.165) is 122 Å². The summed E-state index contributed by atoms with van der Waals surface area (Å²) in [7, 11) is 5.97. The SMILES string of the molecule is CC/C=C\C/C=C\C/C=C\C/C=C\C/C=C\C/C=C\C/C=C\C/C=C\C/C=C\C/C=C\C/C=C\CCCCCCCCCC(=O)OC(COC(=O)CCCCCCCCCCCCCCCCCCCCC/C=C\C/C=C\CCCCCCC)COC(OCC[N+](C)(C)C)C(=O)O. The van der Waals surface area contributed by atoms with E-state index in [0.29, 0.717) is 23.9 Å². The van der Waals surface area contributed by atoms with Gasteiger partial charge in [-0.2, -0.15) is 0 Å². The number of quaternary nitrogens is 1. The van der Waals surface area contributed by atoms with E-state index >= 15 is 0 Å². The lowest BCUT2D eigenvalue weighted by molar-refractivity contribution is -0.870. The lowest BCUT2D eigenvalue weighted by Gasteiger charge is -2.25. The first-order valence-corrected chi connectivity index (χ1v) is 39.6. The predicted molar refractivity (Wildman–Crippen MR) is 419 cm³/mol. The van der Waals surface area contributed by atoms with Gasteiger partial charge in [0.25, 0.3) is 6.29 Å². The second-order valence-corrected chi connectivity index (χ2v) is 27.3. The van der Waals surface area contributed by atoms with Crippen molar-refractivity contribution in [1.29, 1.82) is 0 Å². The van der Waals surface area contributed by atoms with Crippen LogP contribution in [0.1, 0.15) is 322 Å². The van der Waals surface area contributed by atoms with Crippen LogP contribution in [0.15, 0.2) is 158 Å². The van der Waals surface area contributed by atoms with Gasteiger partial charge in [0, 0.05) is 12.8 Å². The monoisotopic (exact) mass is 1350 g/mol. The summed E-state index contributed by atoms with van der Waals surface area (Å²) in [5.41, 5.74) is 0. The maximum Gasteiger partial charge on any atom is 0.361 e. The Kier molecular flexibility index (Phi) is 72.6. The lowest BCUT2D eigenvalue weighted by Crippen LogP contribution is -2.40. The van der Waals surface area contributed by atoms with Crippen molar-refractivity contribution in [2.75, 3.05) is 47.5 Å². The number of carboxylic acids is 1. The van der Waals surface area contributed by atoms with Crippen LogP contribution >= 0.6 is 0 Å². The molecule has 1 N–H and O–H groups in total. The highest BCUT2D eigenvalue weighted by molar-refractivity contribution is 5.71. The minimum absolute atomic E-state index is 0.179. The molecule has 97 heavy (non-hydrogen) atoms. The molecule has 2 atom stereocenters. The normalized spacial score (nSPS) is 13.5. The zero-order valence-electron chi connectivity index (χ0n) is 63.2. The van der Waals surface area contributed by atoms with Gasteiger partial charge >= 0.3 is 17.9 Å². The molecule has 9 heteroatoms. The summed E-state index contributed by atoms with van der Waals surface area (Å²) < 4.78 is 23.0. The van der Waals surface area contributed by atoms with Gasteiger partial charge in [0.2, 0.25) is 0 Å². The van der Waals surface area contributed by atoms with Crippen molar-refractivity contribution < 1.29 is 42.9 Å². The smallest absolute Gasteiger partial charge is 0.361 e. The summed E-state index contributed by atoms with van der Waals surface area (Å²) >= 11 is 0. The largest absolute Gasteiger partial charge is 0.477 e. The fourth-order valence-electron chi connectivity index (χ4n) is 10.8. The van der Waals surface area contributed by atoms with Crippen LogP contribution in [0.3, 0.4) is 0 Å². The Labute approximate surface area is 597 Å². The Hall–Kier alpha value is -5.09. The average molecular weight is 1350 g/mol. The molecule has 552 valence electrons. The van der Waals surface area contributed by atoms with E-state index in [4.69, 9.17) is 18.9 Å². The molecule has 2 unspecified atom stereocenters. The Morgan fingerprint density at radius 1 is 0.320 bits per heavy atom. The van der Waals surface area contributed by atoms with E-state index in [1.165, 1.54) is 167 Å². The molecule has 0 saturated carbocycles. The first kappa shape index (κ1) is 91.9. The molecule has 0 aromatic heterocycles. The molecule has 0 aliphatic carbocycles. The van der Waals surface area contributed by atoms with Crippen LogP contribution in [0.4, 0.5) is 0 Å². The highest BCUT2D eigenvalue weighted by Crippen LogP contribution is 2.17. The topological polar surface area (TPSA) is 108 Å². The molecule has 0 heterocycles. The second-order valence-electron chi connectivity index (χ2n) is 27.3. The number of aliphatic carboxylic acids is 1. The quantitative estimate of drug-likeness (QED) is 0.0211. The number of rotatable bonds is 72. The average Bonchev–Trinajstić information content (AvgIpc) is 3.27. The third kappa shape index (κ3) is 78.1. The maximum atomic E-state index is 13.0. The fourth-order valence-corrected chi connectivity index (χ4v) is 10.8. The number of likely N-dealkylation sites (N-methyl/N-ethyl adjacent to an activating group) is 1. The summed E-state index contributed by atoms with van der Waals surface area (Å²) in [6, 6.07) is 0. The predicted octanol–water partition coefficient (Wildman–Crippen LogP) is 25.6. The Balaban J connectivity index is 4.13. The van der Waals surface area contributed by atoms with Crippen molar-refractivity contribution in [2.24, 2.45) is 0 Å². The molecular weight excluding hydrogens is 1200 g/mol. The van der Waals surface area contributed by atoms with Crippen LogP contribution in [0.2, 0.25) is 0 Å². The molecule has 0 aliphatic heterocycles. The van der Waals surface area contributed by atoms with Gasteiger partial charge in [-0.05, 0) is 128 Å². The van der Waals surface area contributed by atoms with Crippen molar-refractivity contribution >= 4 is 17.9 Å². The number of carbonyl (C=O) groups excluding carboxylic acids is 2. The molecule has 0 radical (unpaired) electrons. The fraction of sp³-hybridized carbons (Fsp3) is 0.670. The molecule has 0 spiro atoms. The van der Waals surface area contributed by atoms with E-state index in [9.17, 15) is 19.5 Å². The number of hydrogen-bond acceptors (Lipinski definition) is 7. The molecule has 0 rings (SSSR count). The molecule has 0 aromatic carbocycles. The highest BCUT2D eigenvalue weighted by Gasteiger charge is 2.25. The van der Waals surface area contributed by atoms with Gasteiger partial charge in [0.15, 0.2) is 6.10 Å². The summed E-state index contributed by atoms with van der Waals surface area (Å²) in [6.45, 7) is 4.76. The summed E-state index contributed by atoms with van der Waals surface area (Å²) in [5.74, 6) is -2.02. The molecule has 9 nitrogen and oxygen atoms in total. The number of ether oxygens (including phenoxy) is 4. The number of allylic oxidation sites excluding steroid dienone is 26. The third-order valence-corrected chi connectivity index (χ3v) is 16.8. The van der Waals surface area contributed by atoms with E-state index in [2.05, 4.69) is 172 Å². The first-order valence-electron chi connectivity index (χ1n) is 39.6. The molecule has 0 aromatic rings. The summed E-state index contributed by atoms with van der Waals surface area (Å²) in [4.78, 5) is 37.7. The van der Waals surface area contributed by atoms with Crippen LogP contribution in [-0.2, 0) is 33.3 Å². The third-order valence-electron chi connectivity index (χ3n) is 16.8. The zero-order valence-corrected chi connectivity index (χ0v) is 63.2. The highest BCUT2D eigenvalue weighted by atomic mass is 16.7. The van der Waals surface area contributed by atoms with Gasteiger partial charge in [0.1, 0.15) is 13.2 Å². The molecule has 0 aliphatic rings. The Morgan fingerprint density at radius 2 is 0.588 bits per heavy atom. The molecular formula is C88H148NO8+. The van der Waals surface area contributed by atoms with Crippen LogP contribution in [0.25, 0.3) is 0 Å². The van der Waals surface area contributed by atoms with E-state index in [1.807, 2.05) is 21.1 Å². The lowest BCUT2D eigenvalue weighted by atomic mass is 10.0. The second kappa shape index (κ2) is 76.7. The van der Waals surface area contributed by atoms with Crippen LogP contribution < -0.4 is 0 Å². The Morgan fingerprint density at radius 3 is 0.876 bits per heavy atom. The van der Waals surface area contributed by atoms with Crippen molar-refractivity contribution in [3.05, 3.63) is 158 Å². The maximum absolute atomic E-state index is 13.0. The van der Waals surface area contributed by atoms with Gasteiger partial charge in [-0.1, -0.05) is 339 Å². The number of esters is 2. The summed E-state index contributed by atoms with van der Waals surface area (Å²) in [6.07, 6.45) is 111. The first-order chi connectivity index (χ1) is 47.6. The van der Waals surface area contributed by atoms with Gasteiger partial charge < -0.3 is 28.5 Å². The number of carboxylic acid groups (broad SMARTS) is 1. The minimum atomic E-state index is -1.52. The molecule has 0 saturated heterocycles. The van der Waals surface area contributed by atoms with E-state index < -0.39 is 24.3 Å². The number of unbranched alkanes of at least 4 members (excludes halogenated alkanes) is 31. The molecule has 0 bridgehead atoms. The van der Waals surface area contributed by atoms with E-state index in [1.54, 1.807) is 0 Å². The number of nitrogens with zero attached hydrogens (tertiary/aromatic N) is 1. The Bertz CT molecular complexity index is 2160. The standard InChI is InChI=1S/C88H147NO8/c1-6-8-10-12-14-16-18-20-22-24-26-28-30-32-34-36-38-39-40-41-42-43-44-45-46-47-49-51-53-55-57-59-61-63-65-67-69-71-73-75-77-79-86(91)97-84(83-96-88(87(92)93)94-81-80-89(3,4)5)82-95-85(90)78-76-74-72-70-68-66-64-62-60-58-56-54-52-50-48-37-35-33-31-29-27-25-23-21-19-17-15-13-11-9-7-2/h8,10,14,16,19-22,25-28,32,34,38-39,41-42,44-45,47,49,53,55,59,61,84,88H,6-7,9,11-13,15,17-18,23-24,29-31,33,35-37,40,43,46,48,50-52,54,56-58,60,62-83H2,1-5H3/p+1/b10-8-,16-14-,21-19-,22-20-,27-25-,28-26-,34-32-,39-38-,42-41-,45-44-,49-47-,55-53-,61-59-. The van der Waals surface area contributed by atoms with Gasteiger partial charge in [-0.25, -0.2) is 4.79 Å². The van der Waals surface area contributed by atoms with Crippen molar-refractivity contribution in [3.63, 3.8) is 0 Å². The van der Waals surface area contributed by atoms with Crippen LogP contribution in [-0.4, -0.2) is 87.4 Å². The zero-order chi connectivity index (χ0) is 70.4. The van der Waals surface area contributed by atoms with Crippen molar-refractivity contribution in [1.82, 2.24) is 0 Å². The van der Waals surface area contributed by atoms with Crippen LogP contribution in [0.5, 0.6) is 0 Å². The van der Waals surface area contributed by atoms with Gasteiger partial charge in [-0.3, -0.25) is 9.59 Å². The van der Waals surface area contributed by atoms with Gasteiger partial charge in [0.05, 0.1) is 34.4 Å². The van der Waals surface area contributed by atoms with Crippen molar-refractivity contribution in [2.45, 2.75) is 334 Å². The summed E-state index contributed by atoms with van der Waals surface area (Å²) in [5, 5.41) is 9.77. The van der Waals surface area contributed by atoms with E-state index in [-0.39, 0.29) is 32.2 Å². The van der Waals surface area contributed by atoms with Gasteiger partial charge in [-0.15, -0.1) is 0 Å². The number of carbonyl (C=O) groups is 3. The number of hydrogen-bond donors (Lipinski definition) is 1. The molecule has 0 fully saturated rings. The van der Waals surface area contributed by atoms with Crippen molar-refractivity contribution in [3.8, 4) is 0 Å². The minimum Gasteiger partial charge on any atom is -0.477 e.